The van der Waals surface area contributed by atoms with Gasteiger partial charge < -0.3 is 33.0 Å². The minimum Gasteiger partial charge on any atom is -0.756 e. The van der Waals surface area contributed by atoms with Gasteiger partial charge in [0, 0.05) is 13.0 Å². The van der Waals surface area contributed by atoms with Crippen molar-refractivity contribution < 1.29 is 42.4 Å². The van der Waals surface area contributed by atoms with Crippen molar-refractivity contribution >= 4 is 13.8 Å². The van der Waals surface area contributed by atoms with Crippen LogP contribution >= 0.6 is 7.82 Å². The summed E-state index contributed by atoms with van der Waals surface area (Å²) in [6.45, 7) is 5.30. The Kier molecular flexibility index (Phi) is 37.2. The van der Waals surface area contributed by atoms with Crippen LogP contribution in [0, 0.1) is 0 Å². The summed E-state index contributed by atoms with van der Waals surface area (Å²) < 4.78 is 34.6. The topological polar surface area (TPSA) is 114 Å². The lowest BCUT2D eigenvalue weighted by atomic mass is 10.0. The molecule has 0 amide bonds. The Balaban J connectivity index is 4.25. The zero-order valence-electron chi connectivity index (χ0n) is 36.1. The minimum absolute atomic E-state index is 0.0174. The number of hydrogen-bond donors (Lipinski definition) is 1. The smallest absolute Gasteiger partial charge is 0.306 e. The second-order valence-corrected chi connectivity index (χ2v) is 18.0. The first-order valence-electron chi connectivity index (χ1n) is 22.5. The fraction of sp³-hybridized carbons (Fsp3) is 0.932. The van der Waals surface area contributed by atoms with Gasteiger partial charge >= 0.3 is 5.97 Å². The van der Waals surface area contributed by atoms with E-state index in [2.05, 4.69) is 26.0 Å². The molecule has 0 spiro atoms. The molecule has 0 rings (SSSR count). The molecule has 0 aromatic heterocycles. The molecule has 0 aliphatic rings. The van der Waals surface area contributed by atoms with Crippen LogP contribution in [-0.2, 0) is 27.9 Å². The number of nitrogens with zero attached hydrogens (tertiary/aromatic N) is 1. The van der Waals surface area contributed by atoms with Crippen LogP contribution in [-0.4, -0.2) is 81.9 Å². The van der Waals surface area contributed by atoms with Gasteiger partial charge in [-0.05, 0) is 51.4 Å². The highest BCUT2D eigenvalue weighted by molar-refractivity contribution is 7.45. The molecular formula is C44H88NO8P. The van der Waals surface area contributed by atoms with E-state index in [4.69, 9.17) is 18.5 Å². The normalized spacial score (nSPS) is 14.4. The van der Waals surface area contributed by atoms with E-state index >= 15 is 0 Å². The highest BCUT2D eigenvalue weighted by Crippen LogP contribution is 2.38. The number of phosphoric acid groups is 1. The third kappa shape index (κ3) is 40.9. The number of hydrogen-bond acceptors (Lipinski definition) is 8. The summed E-state index contributed by atoms with van der Waals surface area (Å²) in [7, 11) is 1.33. The molecule has 54 heavy (non-hydrogen) atoms. The highest BCUT2D eigenvalue weighted by atomic mass is 31.2. The summed E-state index contributed by atoms with van der Waals surface area (Å²) in [5, 5.41) is 10.1. The lowest BCUT2D eigenvalue weighted by Gasteiger charge is -2.28. The van der Waals surface area contributed by atoms with Crippen molar-refractivity contribution in [2.45, 2.75) is 212 Å². The maximum atomic E-state index is 12.7. The number of aliphatic hydroxyl groups is 1. The summed E-state index contributed by atoms with van der Waals surface area (Å²) in [4.78, 5) is 25.0. The van der Waals surface area contributed by atoms with E-state index in [1.165, 1.54) is 116 Å². The third-order valence-electron chi connectivity index (χ3n) is 9.89. The van der Waals surface area contributed by atoms with Crippen molar-refractivity contribution in [1.29, 1.82) is 0 Å². The number of phosphoric ester groups is 1. The monoisotopic (exact) mass is 790 g/mol. The van der Waals surface area contributed by atoms with Crippen LogP contribution in [0.25, 0.3) is 0 Å². The Bertz CT molecular complexity index is 896. The molecule has 0 aromatic rings. The van der Waals surface area contributed by atoms with Gasteiger partial charge in [0.25, 0.3) is 7.82 Å². The van der Waals surface area contributed by atoms with E-state index in [0.717, 1.165) is 64.2 Å². The van der Waals surface area contributed by atoms with Crippen molar-refractivity contribution in [2.75, 3.05) is 54.1 Å². The average Bonchev–Trinajstić information content (AvgIpc) is 3.12. The van der Waals surface area contributed by atoms with Crippen LogP contribution in [0.1, 0.15) is 200 Å². The molecule has 0 aliphatic carbocycles. The van der Waals surface area contributed by atoms with Gasteiger partial charge in [0.1, 0.15) is 19.3 Å². The van der Waals surface area contributed by atoms with Crippen LogP contribution in [0.2, 0.25) is 0 Å². The SMILES string of the molecule is CCCCCCCC/C=C\CCCCCCCCOCC(COP(=O)([O-])OCC[N+](C)(C)C)OC(=O)CCCCCCCCCCC(O)CCCCCC. The zero-order valence-corrected chi connectivity index (χ0v) is 36.9. The first-order valence-corrected chi connectivity index (χ1v) is 24.0. The fourth-order valence-corrected chi connectivity index (χ4v) is 7.06. The number of esters is 1. The van der Waals surface area contributed by atoms with Gasteiger partial charge in [-0.15, -0.1) is 0 Å². The number of aliphatic hydroxyl groups excluding tert-OH is 1. The Morgan fingerprint density at radius 3 is 1.63 bits per heavy atom. The van der Waals surface area contributed by atoms with E-state index in [1.54, 1.807) is 0 Å². The Hall–Kier alpha value is -0.800. The van der Waals surface area contributed by atoms with E-state index < -0.39 is 13.9 Å². The maximum absolute atomic E-state index is 12.7. The standard InChI is InChI=1S/C44H88NO8P/c1-6-8-10-12-13-14-15-16-17-18-19-20-23-26-29-33-38-50-40-43(41-52-54(48,49)51-39-37-45(3,4)5)53-44(47)36-32-28-25-22-21-24-27-31-35-42(46)34-30-11-9-7-2/h16-17,42-43,46H,6-15,18-41H2,1-5H3/b17-16-. The highest BCUT2D eigenvalue weighted by Gasteiger charge is 2.20. The number of quaternary nitrogens is 1. The van der Waals surface area contributed by atoms with E-state index in [1.807, 2.05) is 21.1 Å². The molecule has 10 heteroatoms. The Morgan fingerprint density at radius 1 is 0.630 bits per heavy atom. The van der Waals surface area contributed by atoms with Crippen molar-refractivity contribution in [3.63, 3.8) is 0 Å². The number of allylic oxidation sites excluding steroid dienone is 2. The molecule has 0 saturated heterocycles. The van der Waals surface area contributed by atoms with Crippen LogP contribution in [0.5, 0.6) is 0 Å². The first-order chi connectivity index (χ1) is 26.0. The van der Waals surface area contributed by atoms with E-state index in [-0.39, 0.29) is 38.3 Å². The van der Waals surface area contributed by atoms with Crippen molar-refractivity contribution in [3.05, 3.63) is 12.2 Å². The van der Waals surface area contributed by atoms with Crippen LogP contribution in [0.15, 0.2) is 12.2 Å². The Morgan fingerprint density at radius 2 is 1.09 bits per heavy atom. The Labute approximate surface area is 333 Å². The second-order valence-electron chi connectivity index (χ2n) is 16.6. The number of ether oxygens (including phenoxy) is 2. The van der Waals surface area contributed by atoms with Gasteiger partial charge in [-0.25, -0.2) is 0 Å². The predicted molar refractivity (Wildman–Crippen MR) is 223 cm³/mol. The quantitative estimate of drug-likeness (QED) is 0.0214. The summed E-state index contributed by atoms with van der Waals surface area (Å²) in [5.74, 6) is -0.357. The molecule has 0 aliphatic heterocycles. The molecule has 0 bridgehead atoms. The molecule has 9 nitrogen and oxygen atoms in total. The number of rotatable bonds is 42. The van der Waals surface area contributed by atoms with Gasteiger partial charge in [0.15, 0.2) is 0 Å². The van der Waals surface area contributed by atoms with Gasteiger partial charge in [-0.1, -0.05) is 154 Å². The number of likely N-dealkylation sites (N-methyl/N-ethyl adjacent to an activating group) is 1. The van der Waals surface area contributed by atoms with E-state index in [0.29, 0.717) is 17.6 Å². The summed E-state index contributed by atoms with van der Waals surface area (Å²) in [6.07, 6.45) is 36.6. The molecule has 1 N–H and O–H groups in total. The third-order valence-corrected chi connectivity index (χ3v) is 10.9. The van der Waals surface area contributed by atoms with Crippen LogP contribution in [0.3, 0.4) is 0 Å². The molecule has 0 radical (unpaired) electrons. The van der Waals surface area contributed by atoms with Crippen molar-refractivity contribution in [3.8, 4) is 0 Å². The summed E-state index contributed by atoms with van der Waals surface area (Å²) >= 11 is 0. The molecule has 0 saturated carbocycles. The fourth-order valence-electron chi connectivity index (χ4n) is 6.33. The molecular weight excluding hydrogens is 701 g/mol. The molecule has 0 heterocycles. The average molecular weight is 790 g/mol. The van der Waals surface area contributed by atoms with Crippen molar-refractivity contribution in [1.82, 2.24) is 0 Å². The number of unbranched alkanes of at least 4 members (excludes halogenated alkanes) is 22. The maximum Gasteiger partial charge on any atom is 0.306 e. The minimum atomic E-state index is -4.53. The van der Waals surface area contributed by atoms with E-state index in [9.17, 15) is 19.4 Å². The molecule has 0 aromatic carbocycles. The second kappa shape index (κ2) is 37.8. The van der Waals surface area contributed by atoms with Gasteiger partial charge in [0.05, 0.1) is 40.5 Å². The number of carbonyl (C=O) groups excluding carboxylic acids is 1. The molecule has 3 unspecified atom stereocenters. The lowest BCUT2D eigenvalue weighted by Crippen LogP contribution is -2.37. The summed E-state index contributed by atoms with van der Waals surface area (Å²) in [5.41, 5.74) is 0. The molecule has 3 atom stereocenters. The largest absolute Gasteiger partial charge is 0.756 e. The summed E-state index contributed by atoms with van der Waals surface area (Å²) in [6, 6.07) is 0. The van der Waals surface area contributed by atoms with Crippen LogP contribution < -0.4 is 4.89 Å². The number of carbonyl (C=O) groups is 1. The molecule has 0 fully saturated rings. The first kappa shape index (κ1) is 53.2. The molecule has 322 valence electrons. The van der Waals surface area contributed by atoms with Gasteiger partial charge in [0.2, 0.25) is 0 Å². The lowest BCUT2D eigenvalue weighted by molar-refractivity contribution is -0.870. The predicted octanol–water partition coefficient (Wildman–Crippen LogP) is 11.4. The zero-order chi connectivity index (χ0) is 40.0. The van der Waals surface area contributed by atoms with Gasteiger partial charge in [-0.3, -0.25) is 9.36 Å². The van der Waals surface area contributed by atoms with Gasteiger partial charge in [-0.2, -0.15) is 0 Å². The van der Waals surface area contributed by atoms with Crippen molar-refractivity contribution in [2.24, 2.45) is 0 Å². The van der Waals surface area contributed by atoms with Crippen LogP contribution in [0.4, 0.5) is 0 Å².